The largest absolute Gasteiger partial charge is 0.354 e. The monoisotopic (exact) mass is 299 g/mol. The highest BCUT2D eigenvalue weighted by atomic mass is 16.2. The highest BCUT2D eigenvalue weighted by Gasteiger charge is 2.21. The number of carbonyl (C=O) groups excluding carboxylic acids is 5. The number of amides is 3. The van der Waals surface area contributed by atoms with E-state index in [-0.39, 0.29) is 43.4 Å². The Morgan fingerprint density at radius 2 is 1.48 bits per heavy atom. The van der Waals surface area contributed by atoms with Crippen molar-refractivity contribution in [3.05, 3.63) is 0 Å². The van der Waals surface area contributed by atoms with Crippen LogP contribution in [0.5, 0.6) is 0 Å². The zero-order valence-corrected chi connectivity index (χ0v) is 12.4. The Bertz CT molecular complexity index is 434. The van der Waals surface area contributed by atoms with Crippen molar-refractivity contribution in [2.45, 2.75) is 39.7 Å². The number of nitrogens with one attached hydrogen (secondary N) is 3. The summed E-state index contributed by atoms with van der Waals surface area (Å²) in [6.45, 7) is 3.71. The lowest BCUT2D eigenvalue weighted by Crippen LogP contribution is -2.53. The lowest BCUT2D eigenvalue weighted by atomic mass is 10.2. The number of hydrogen-bond donors (Lipinski definition) is 3. The van der Waals surface area contributed by atoms with Gasteiger partial charge >= 0.3 is 0 Å². The third-order valence-corrected chi connectivity index (χ3v) is 2.42. The first kappa shape index (κ1) is 18.8. The van der Waals surface area contributed by atoms with Gasteiger partial charge in [0.15, 0.2) is 0 Å². The molecule has 0 radical (unpaired) electrons. The van der Waals surface area contributed by atoms with Gasteiger partial charge in [-0.3, -0.25) is 19.2 Å². The molecule has 118 valence electrons. The zero-order chi connectivity index (χ0) is 16.4. The van der Waals surface area contributed by atoms with Gasteiger partial charge in [-0.1, -0.05) is 0 Å². The Kier molecular flexibility index (Phi) is 8.59. The first-order chi connectivity index (χ1) is 9.72. The second-order valence-electron chi connectivity index (χ2n) is 4.68. The average Bonchev–Trinajstić information content (AvgIpc) is 2.38. The van der Waals surface area contributed by atoms with Crippen molar-refractivity contribution in [3.8, 4) is 0 Å². The van der Waals surface area contributed by atoms with Crippen molar-refractivity contribution in [1.82, 2.24) is 16.0 Å². The van der Waals surface area contributed by atoms with E-state index in [1.165, 1.54) is 20.8 Å². The first-order valence-electron chi connectivity index (χ1n) is 6.52. The molecule has 0 heterocycles. The van der Waals surface area contributed by atoms with Gasteiger partial charge in [0.2, 0.25) is 17.7 Å². The summed E-state index contributed by atoms with van der Waals surface area (Å²) in [5.74, 6) is -1.76. The van der Waals surface area contributed by atoms with Crippen LogP contribution in [0, 0.1) is 0 Å². The summed E-state index contributed by atoms with van der Waals surface area (Å²) in [5, 5.41) is 7.19. The fourth-order valence-electron chi connectivity index (χ4n) is 1.35. The van der Waals surface area contributed by atoms with E-state index in [0.29, 0.717) is 0 Å². The molecule has 3 amide bonds. The first-order valence-corrected chi connectivity index (χ1v) is 6.52. The highest BCUT2D eigenvalue weighted by molar-refractivity contribution is 5.91. The van der Waals surface area contributed by atoms with Crippen molar-refractivity contribution in [2.75, 3.05) is 13.1 Å². The molecule has 8 nitrogen and oxygen atoms in total. The van der Waals surface area contributed by atoms with Gasteiger partial charge in [-0.05, 0) is 13.8 Å². The molecule has 3 N–H and O–H groups in total. The lowest BCUT2D eigenvalue weighted by Gasteiger charge is -2.18. The summed E-state index contributed by atoms with van der Waals surface area (Å²) in [5.41, 5.74) is 0. The van der Waals surface area contributed by atoms with Crippen LogP contribution in [0.3, 0.4) is 0 Å². The average molecular weight is 299 g/mol. The summed E-state index contributed by atoms with van der Waals surface area (Å²) in [6.07, 6.45) is 0.0413. The van der Waals surface area contributed by atoms with Gasteiger partial charge in [-0.15, -0.1) is 0 Å². The van der Waals surface area contributed by atoms with Crippen LogP contribution < -0.4 is 16.0 Å². The number of rotatable bonds is 9. The third kappa shape index (κ3) is 10.2. The van der Waals surface area contributed by atoms with Crippen molar-refractivity contribution in [2.24, 2.45) is 0 Å². The molecule has 0 aromatic heterocycles. The molecule has 1 atom stereocenters. The molecule has 0 aromatic carbocycles. The number of hydrogen-bond acceptors (Lipinski definition) is 5. The molecule has 0 saturated heterocycles. The Morgan fingerprint density at radius 3 is 1.95 bits per heavy atom. The zero-order valence-electron chi connectivity index (χ0n) is 12.4. The van der Waals surface area contributed by atoms with E-state index in [2.05, 4.69) is 16.0 Å². The van der Waals surface area contributed by atoms with E-state index >= 15 is 0 Å². The molecular formula is C13H21N3O5. The van der Waals surface area contributed by atoms with E-state index in [9.17, 15) is 24.0 Å². The number of ketones is 2. The minimum Gasteiger partial charge on any atom is -0.354 e. The van der Waals surface area contributed by atoms with E-state index < -0.39 is 17.9 Å². The third-order valence-electron chi connectivity index (χ3n) is 2.42. The van der Waals surface area contributed by atoms with E-state index in [1.54, 1.807) is 0 Å². The van der Waals surface area contributed by atoms with Crippen LogP contribution in [0.25, 0.3) is 0 Å². The van der Waals surface area contributed by atoms with Crippen LogP contribution in [0.15, 0.2) is 0 Å². The molecule has 0 aliphatic heterocycles. The van der Waals surface area contributed by atoms with Gasteiger partial charge in [0.25, 0.3) is 0 Å². The second kappa shape index (κ2) is 9.62. The van der Waals surface area contributed by atoms with Gasteiger partial charge in [0, 0.05) is 26.3 Å². The molecule has 0 bridgehead atoms. The minimum atomic E-state index is -0.993. The van der Waals surface area contributed by atoms with Crippen LogP contribution >= 0.6 is 0 Å². The SMILES string of the molecule is CC(=O)CCC(=O)N[C@@H](CNC(C)=O)C(=O)NCC(C)=O. The van der Waals surface area contributed by atoms with Gasteiger partial charge in [0.1, 0.15) is 17.6 Å². The molecule has 0 rings (SSSR count). The maximum absolute atomic E-state index is 11.8. The Balaban J connectivity index is 4.52. The van der Waals surface area contributed by atoms with Gasteiger partial charge < -0.3 is 20.7 Å². The van der Waals surface area contributed by atoms with Crippen LogP contribution in [0.1, 0.15) is 33.6 Å². The number of carbonyl (C=O) groups is 5. The molecule has 21 heavy (non-hydrogen) atoms. The maximum Gasteiger partial charge on any atom is 0.244 e. The highest BCUT2D eigenvalue weighted by Crippen LogP contribution is 1.93. The predicted octanol–water partition coefficient (Wildman–Crippen LogP) is -1.32. The molecule has 0 saturated carbocycles. The van der Waals surface area contributed by atoms with E-state index in [4.69, 9.17) is 0 Å². The molecule has 0 aromatic rings. The molecule has 0 aliphatic carbocycles. The fraction of sp³-hybridized carbons (Fsp3) is 0.615. The smallest absolute Gasteiger partial charge is 0.244 e. The van der Waals surface area contributed by atoms with Crippen LogP contribution in [-0.4, -0.2) is 48.4 Å². The molecule has 8 heteroatoms. The topological polar surface area (TPSA) is 121 Å². The van der Waals surface area contributed by atoms with Gasteiger partial charge in [0.05, 0.1) is 6.54 Å². The second-order valence-corrected chi connectivity index (χ2v) is 4.68. The summed E-state index contributed by atoms with van der Waals surface area (Å²) < 4.78 is 0. The standard InChI is InChI=1S/C13H21N3O5/c1-8(17)4-5-12(20)16-11(7-14-10(3)19)13(21)15-6-9(2)18/h11H,4-7H2,1-3H3,(H,14,19)(H,15,21)(H,16,20)/t11-/m0/s1. The maximum atomic E-state index is 11.8. The molecule has 0 fully saturated rings. The van der Waals surface area contributed by atoms with Crippen LogP contribution in [0.2, 0.25) is 0 Å². The summed E-state index contributed by atoms with van der Waals surface area (Å²) in [4.78, 5) is 56.0. The van der Waals surface area contributed by atoms with Crippen molar-refractivity contribution in [3.63, 3.8) is 0 Å². The molecule has 0 aliphatic rings. The number of Topliss-reactive ketones (excluding diaryl/α,β-unsaturated/α-hetero) is 2. The predicted molar refractivity (Wildman–Crippen MR) is 74.2 cm³/mol. The fourth-order valence-corrected chi connectivity index (χ4v) is 1.35. The summed E-state index contributed by atoms with van der Waals surface area (Å²) >= 11 is 0. The quantitative estimate of drug-likeness (QED) is 0.487. The van der Waals surface area contributed by atoms with Crippen molar-refractivity contribution < 1.29 is 24.0 Å². The lowest BCUT2D eigenvalue weighted by molar-refractivity contribution is -0.130. The Labute approximate surface area is 123 Å². The summed E-state index contributed by atoms with van der Waals surface area (Å²) in [7, 11) is 0. The van der Waals surface area contributed by atoms with Crippen LogP contribution in [-0.2, 0) is 24.0 Å². The van der Waals surface area contributed by atoms with Crippen LogP contribution in [0.4, 0.5) is 0 Å². The van der Waals surface area contributed by atoms with E-state index in [0.717, 1.165) is 0 Å². The summed E-state index contributed by atoms with van der Waals surface area (Å²) in [6, 6.07) is -0.993. The normalized spacial score (nSPS) is 11.2. The van der Waals surface area contributed by atoms with Crippen molar-refractivity contribution in [1.29, 1.82) is 0 Å². The minimum absolute atomic E-state index is 0.0358. The van der Waals surface area contributed by atoms with E-state index in [1.807, 2.05) is 0 Å². The Morgan fingerprint density at radius 1 is 0.857 bits per heavy atom. The molecular weight excluding hydrogens is 278 g/mol. The molecule has 0 unspecified atom stereocenters. The van der Waals surface area contributed by atoms with Crippen molar-refractivity contribution >= 4 is 29.3 Å². The van der Waals surface area contributed by atoms with Gasteiger partial charge in [-0.2, -0.15) is 0 Å². The molecule has 0 spiro atoms. The Hall–Kier alpha value is -2.25. The van der Waals surface area contributed by atoms with Gasteiger partial charge in [-0.25, -0.2) is 0 Å².